The largest absolute Gasteiger partial charge is 0.444 e. The molecule has 0 bridgehead atoms. The van der Waals surface area contributed by atoms with Gasteiger partial charge in [0.05, 0.1) is 5.88 Å². The van der Waals surface area contributed by atoms with Gasteiger partial charge in [0.1, 0.15) is 11.1 Å². The Morgan fingerprint density at radius 1 is 1.15 bits per heavy atom. The summed E-state index contributed by atoms with van der Waals surface area (Å²) in [6, 6.07) is 8.96. The summed E-state index contributed by atoms with van der Waals surface area (Å²) >= 11 is 5.66. The number of amides is 1. The molecule has 1 unspecified atom stereocenters. The van der Waals surface area contributed by atoms with Gasteiger partial charge in [0, 0.05) is 0 Å². The molecule has 0 fully saturated rings. The number of alkyl carbamates (subject to hydrolysis) is 1. The van der Waals surface area contributed by atoms with Crippen molar-refractivity contribution in [2.45, 2.75) is 38.8 Å². The third-order valence-electron chi connectivity index (χ3n) is 2.78. The summed E-state index contributed by atoms with van der Waals surface area (Å²) in [5.74, 6) is -0.488. The topological polar surface area (TPSA) is 55.4 Å². The van der Waals surface area contributed by atoms with E-state index in [1.165, 1.54) is 0 Å². The molecular formula is C15H20ClNO3. The van der Waals surface area contributed by atoms with Crippen LogP contribution in [0.4, 0.5) is 4.79 Å². The van der Waals surface area contributed by atoms with Gasteiger partial charge in [-0.2, -0.15) is 0 Å². The summed E-state index contributed by atoms with van der Waals surface area (Å²) in [4.78, 5) is 24.1. The molecule has 0 radical (unpaired) electrons. The van der Waals surface area contributed by atoms with E-state index in [1.807, 2.05) is 6.07 Å². The first-order valence-electron chi connectivity index (χ1n) is 6.35. The number of benzene rings is 1. The number of carbonyl (C=O) groups is 2. The molecule has 0 saturated heterocycles. The smallest absolute Gasteiger partial charge is 0.408 e. The molecule has 0 heterocycles. The summed E-state index contributed by atoms with van der Waals surface area (Å²) in [6.45, 7) is 6.90. The number of alkyl halides is 1. The van der Waals surface area contributed by atoms with Crippen molar-refractivity contribution < 1.29 is 14.3 Å². The lowest BCUT2D eigenvalue weighted by Gasteiger charge is -2.30. The van der Waals surface area contributed by atoms with Crippen LogP contribution in [0.5, 0.6) is 0 Å². The third kappa shape index (κ3) is 4.23. The van der Waals surface area contributed by atoms with Crippen molar-refractivity contribution in [3.8, 4) is 0 Å². The Balaban J connectivity index is 3.02. The average Bonchev–Trinajstić information content (AvgIpc) is 2.36. The number of carbonyl (C=O) groups excluding carboxylic acids is 2. The van der Waals surface area contributed by atoms with E-state index in [0.29, 0.717) is 5.56 Å². The van der Waals surface area contributed by atoms with Crippen LogP contribution in [0.2, 0.25) is 0 Å². The Kier molecular flexibility index (Phi) is 5.17. The molecule has 0 aliphatic rings. The van der Waals surface area contributed by atoms with E-state index in [1.54, 1.807) is 52.0 Å². The normalized spacial score (nSPS) is 14.2. The second kappa shape index (κ2) is 6.27. The fourth-order valence-electron chi connectivity index (χ4n) is 1.72. The zero-order valence-corrected chi connectivity index (χ0v) is 13.0. The van der Waals surface area contributed by atoms with E-state index in [9.17, 15) is 9.59 Å². The van der Waals surface area contributed by atoms with Gasteiger partial charge in [0.2, 0.25) is 0 Å². The highest BCUT2D eigenvalue weighted by Gasteiger charge is 2.37. The molecule has 0 aliphatic carbocycles. The minimum Gasteiger partial charge on any atom is -0.444 e. The van der Waals surface area contributed by atoms with Crippen LogP contribution in [0.1, 0.15) is 33.3 Å². The van der Waals surface area contributed by atoms with Gasteiger partial charge in [-0.3, -0.25) is 4.79 Å². The van der Waals surface area contributed by atoms with Crippen molar-refractivity contribution in [3.05, 3.63) is 35.9 Å². The highest BCUT2D eigenvalue weighted by atomic mass is 35.5. The van der Waals surface area contributed by atoms with Crippen LogP contribution in [0.15, 0.2) is 30.3 Å². The maximum absolute atomic E-state index is 12.1. The summed E-state index contributed by atoms with van der Waals surface area (Å²) in [5, 5.41) is 2.62. The summed E-state index contributed by atoms with van der Waals surface area (Å²) in [6.07, 6.45) is -0.651. The Morgan fingerprint density at radius 3 is 2.15 bits per heavy atom. The molecule has 20 heavy (non-hydrogen) atoms. The first-order valence-corrected chi connectivity index (χ1v) is 6.88. The maximum Gasteiger partial charge on any atom is 0.408 e. The quantitative estimate of drug-likeness (QED) is 0.868. The molecular weight excluding hydrogens is 278 g/mol. The average molecular weight is 298 g/mol. The van der Waals surface area contributed by atoms with Crippen molar-refractivity contribution in [2.24, 2.45) is 0 Å². The van der Waals surface area contributed by atoms with Crippen LogP contribution in [-0.4, -0.2) is 23.4 Å². The Labute approximate surface area is 124 Å². The molecule has 1 amide bonds. The van der Waals surface area contributed by atoms with Crippen LogP contribution >= 0.6 is 11.6 Å². The first kappa shape index (κ1) is 16.5. The zero-order chi connectivity index (χ0) is 15.4. The van der Waals surface area contributed by atoms with Gasteiger partial charge in [-0.1, -0.05) is 30.3 Å². The fourth-order valence-corrected chi connectivity index (χ4v) is 1.98. The van der Waals surface area contributed by atoms with Crippen LogP contribution in [0.3, 0.4) is 0 Å². The number of nitrogens with one attached hydrogen (secondary N) is 1. The molecule has 0 spiro atoms. The predicted molar refractivity (Wildman–Crippen MR) is 78.9 cm³/mol. The lowest BCUT2D eigenvalue weighted by Crippen LogP contribution is -2.51. The molecule has 1 rings (SSSR count). The van der Waals surface area contributed by atoms with Crippen molar-refractivity contribution in [1.29, 1.82) is 0 Å². The number of hydrogen-bond acceptors (Lipinski definition) is 3. The lowest BCUT2D eigenvalue weighted by atomic mass is 9.88. The second-order valence-electron chi connectivity index (χ2n) is 5.67. The van der Waals surface area contributed by atoms with Crippen molar-refractivity contribution >= 4 is 23.5 Å². The van der Waals surface area contributed by atoms with Crippen molar-refractivity contribution in [2.75, 3.05) is 5.88 Å². The van der Waals surface area contributed by atoms with E-state index < -0.39 is 17.2 Å². The predicted octanol–water partition coefficient (Wildman–Crippen LogP) is 3.23. The van der Waals surface area contributed by atoms with Gasteiger partial charge in [0.25, 0.3) is 0 Å². The lowest BCUT2D eigenvalue weighted by molar-refractivity contribution is -0.122. The molecule has 4 nitrogen and oxygen atoms in total. The van der Waals surface area contributed by atoms with Crippen molar-refractivity contribution in [3.63, 3.8) is 0 Å². The molecule has 1 aromatic carbocycles. The van der Waals surface area contributed by atoms with E-state index in [-0.39, 0.29) is 11.7 Å². The monoisotopic (exact) mass is 297 g/mol. The van der Waals surface area contributed by atoms with Gasteiger partial charge >= 0.3 is 6.09 Å². The van der Waals surface area contributed by atoms with Gasteiger partial charge in [-0.15, -0.1) is 11.6 Å². The molecule has 0 aliphatic heterocycles. The van der Waals surface area contributed by atoms with Crippen LogP contribution < -0.4 is 5.32 Å². The Bertz CT molecular complexity index is 482. The van der Waals surface area contributed by atoms with Gasteiger partial charge in [-0.05, 0) is 33.3 Å². The maximum atomic E-state index is 12.1. The number of Topliss-reactive ketones (excluding diaryl/α,β-unsaturated/α-hetero) is 1. The Morgan fingerprint density at radius 2 is 1.70 bits per heavy atom. The molecule has 0 saturated carbocycles. The first-order chi connectivity index (χ1) is 9.19. The molecule has 0 aromatic heterocycles. The van der Waals surface area contributed by atoms with Gasteiger partial charge in [0.15, 0.2) is 5.78 Å². The third-order valence-corrected chi connectivity index (χ3v) is 3.02. The standard InChI is InChI=1S/C15H20ClNO3/c1-14(2,3)20-13(19)17-15(4,12(18)10-16)11-8-6-5-7-9-11/h5-9H,10H2,1-4H3,(H,17,19). The summed E-state index contributed by atoms with van der Waals surface area (Å²) < 4.78 is 5.20. The number of rotatable bonds is 4. The van der Waals surface area contributed by atoms with Gasteiger partial charge in [-0.25, -0.2) is 4.79 Å². The van der Waals surface area contributed by atoms with E-state index in [2.05, 4.69) is 5.32 Å². The molecule has 1 aromatic rings. The van der Waals surface area contributed by atoms with Crippen LogP contribution in [0.25, 0.3) is 0 Å². The highest BCUT2D eigenvalue weighted by molar-refractivity contribution is 6.29. The van der Waals surface area contributed by atoms with Crippen LogP contribution in [-0.2, 0) is 15.1 Å². The Hall–Kier alpha value is -1.55. The zero-order valence-electron chi connectivity index (χ0n) is 12.2. The van der Waals surface area contributed by atoms with Crippen molar-refractivity contribution in [1.82, 2.24) is 5.32 Å². The number of ketones is 1. The molecule has 5 heteroatoms. The fraction of sp³-hybridized carbons (Fsp3) is 0.467. The summed E-state index contributed by atoms with van der Waals surface area (Å²) in [5.41, 5.74) is -1.17. The highest BCUT2D eigenvalue weighted by Crippen LogP contribution is 2.23. The van der Waals surface area contributed by atoms with E-state index in [0.717, 1.165) is 0 Å². The van der Waals surface area contributed by atoms with E-state index >= 15 is 0 Å². The van der Waals surface area contributed by atoms with E-state index in [4.69, 9.17) is 16.3 Å². The molecule has 1 N–H and O–H groups in total. The molecule has 110 valence electrons. The second-order valence-corrected chi connectivity index (χ2v) is 5.94. The number of ether oxygens (including phenoxy) is 1. The number of halogens is 1. The summed E-state index contributed by atoms with van der Waals surface area (Å²) in [7, 11) is 0. The van der Waals surface area contributed by atoms with Crippen LogP contribution in [0, 0.1) is 0 Å². The SMILES string of the molecule is CC(C)(C)OC(=O)NC(C)(C(=O)CCl)c1ccccc1. The minimum absolute atomic E-state index is 0.193. The number of hydrogen-bond donors (Lipinski definition) is 1. The van der Waals surface area contributed by atoms with Gasteiger partial charge < -0.3 is 10.1 Å². The molecule has 1 atom stereocenters. The minimum atomic E-state index is -1.20.